The minimum absolute atomic E-state index is 0.158. The maximum Gasteiger partial charge on any atom is 0.222 e. The van der Waals surface area contributed by atoms with Gasteiger partial charge < -0.3 is 15.4 Å². The van der Waals surface area contributed by atoms with Gasteiger partial charge in [-0.2, -0.15) is 0 Å². The minimum atomic E-state index is 0.158. The predicted octanol–water partition coefficient (Wildman–Crippen LogP) is 3.71. The van der Waals surface area contributed by atoms with Gasteiger partial charge in [0.2, 0.25) is 5.88 Å². The summed E-state index contributed by atoms with van der Waals surface area (Å²) in [5.41, 5.74) is 8.11. The second-order valence-electron chi connectivity index (χ2n) is 4.57. The van der Waals surface area contributed by atoms with Crippen LogP contribution in [-0.4, -0.2) is 10.3 Å². The van der Waals surface area contributed by atoms with Gasteiger partial charge in [-0.15, -0.1) is 0 Å². The summed E-state index contributed by atoms with van der Waals surface area (Å²) < 4.78 is 4.84. The molecule has 0 aliphatic heterocycles. The van der Waals surface area contributed by atoms with Crippen molar-refractivity contribution in [1.29, 1.82) is 0 Å². The van der Waals surface area contributed by atoms with Gasteiger partial charge in [0.15, 0.2) is 0 Å². The molecule has 0 spiro atoms. The largest absolute Gasteiger partial charge is 0.507 e. The number of nitrogens with two attached hydrogens (primary N) is 1. The van der Waals surface area contributed by atoms with E-state index in [1.807, 2.05) is 20.8 Å². The molecule has 5 heteroatoms. The Labute approximate surface area is 110 Å². The Morgan fingerprint density at radius 3 is 2.56 bits per heavy atom. The first-order valence-electron chi connectivity index (χ1n) is 5.66. The molecule has 0 saturated heterocycles. The van der Waals surface area contributed by atoms with Crippen LogP contribution < -0.4 is 5.73 Å². The number of hydrogen-bond acceptors (Lipinski definition) is 4. The van der Waals surface area contributed by atoms with Crippen molar-refractivity contribution in [2.24, 2.45) is 0 Å². The Morgan fingerprint density at radius 2 is 2.06 bits per heavy atom. The minimum Gasteiger partial charge on any atom is -0.507 e. The number of rotatable bonds is 2. The monoisotopic (exact) mass is 266 g/mol. The Balaban J connectivity index is 2.73. The molecule has 0 aliphatic carbocycles. The lowest BCUT2D eigenvalue weighted by Crippen LogP contribution is -1.94. The summed E-state index contributed by atoms with van der Waals surface area (Å²) in [4.78, 5) is 0. The van der Waals surface area contributed by atoms with Crippen LogP contribution in [0.4, 0.5) is 5.88 Å². The van der Waals surface area contributed by atoms with Crippen molar-refractivity contribution in [3.8, 4) is 17.0 Å². The first kappa shape index (κ1) is 12.8. The van der Waals surface area contributed by atoms with Gasteiger partial charge in [0, 0.05) is 11.1 Å². The van der Waals surface area contributed by atoms with Gasteiger partial charge in [0.05, 0.1) is 5.56 Å². The molecule has 1 aromatic carbocycles. The van der Waals surface area contributed by atoms with E-state index in [1.54, 1.807) is 12.1 Å². The summed E-state index contributed by atoms with van der Waals surface area (Å²) in [6.45, 7) is 5.80. The molecule has 4 nitrogen and oxygen atoms in total. The van der Waals surface area contributed by atoms with Crippen LogP contribution in [0.25, 0.3) is 11.3 Å². The van der Waals surface area contributed by atoms with Crippen LogP contribution >= 0.6 is 11.6 Å². The van der Waals surface area contributed by atoms with Crippen LogP contribution in [0.2, 0.25) is 5.02 Å². The number of nitrogens with zero attached hydrogens (tertiary/aromatic N) is 1. The third kappa shape index (κ3) is 2.04. The molecule has 96 valence electrons. The number of aromatic hydroxyl groups is 1. The van der Waals surface area contributed by atoms with E-state index in [9.17, 15) is 5.11 Å². The summed E-state index contributed by atoms with van der Waals surface area (Å²) in [5, 5.41) is 14.8. The van der Waals surface area contributed by atoms with Crippen LogP contribution in [0.15, 0.2) is 16.7 Å². The summed E-state index contributed by atoms with van der Waals surface area (Å²) in [6, 6.07) is 3.35. The van der Waals surface area contributed by atoms with Crippen LogP contribution in [0, 0.1) is 6.92 Å². The second-order valence-corrected chi connectivity index (χ2v) is 4.97. The molecule has 0 aliphatic rings. The number of halogens is 1. The van der Waals surface area contributed by atoms with E-state index in [1.165, 1.54) is 0 Å². The average molecular weight is 267 g/mol. The summed E-state index contributed by atoms with van der Waals surface area (Å²) in [6.07, 6.45) is 0. The Bertz CT molecular complexity index is 591. The van der Waals surface area contributed by atoms with Crippen molar-refractivity contribution in [3.05, 3.63) is 28.3 Å². The predicted molar refractivity (Wildman–Crippen MR) is 71.9 cm³/mol. The van der Waals surface area contributed by atoms with E-state index in [4.69, 9.17) is 21.9 Å². The van der Waals surface area contributed by atoms with Crippen LogP contribution in [0.1, 0.15) is 30.9 Å². The van der Waals surface area contributed by atoms with Crippen molar-refractivity contribution in [2.75, 3.05) is 5.73 Å². The third-order valence-corrected chi connectivity index (χ3v) is 3.32. The van der Waals surface area contributed by atoms with E-state index in [0.29, 0.717) is 16.3 Å². The standard InChI is InChI=1S/C13H15ClN2O2/c1-6(2)8-4-9(14)7(3)12(13(8)17)10-5-11(15)18-16-10/h4-6,17H,15H2,1-3H3. The number of benzene rings is 1. The van der Waals surface area contributed by atoms with Gasteiger partial charge in [-0.05, 0) is 30.0 Å². The molecule has 0 bridgehead atoms. The van der Waals surface area contributed by atoms with Crippen LogP contribution in [-0.2, 0) is 0 Å². The highest BCUT2D eigenvalue weighted by molar-refractivity contribution is 6.32. The van der Waals surface area contributed by atoms with Crippen LogP contribution in [0.3, 0.4) is 0 Å². The molecule has 1 aromatic heterocycles. The van der Waals surface area contributed by atoms with Gasteiger partial charge in [-0.1, -0.05) is 30.6 Å². The van der Waals surface area contributed by atoms with Crippen molar-refractivity contribution >= 4 is 17.5 Å². The molecule has 0 atom stereocenters. The lowest BCUT2D eigenvalue weighted by atomic mass is 9.94. The molecule has 0 unspecified atom stereocenters. The zero-order valence-electron chi connectivity index (χ0n) is 10.5. The number of aromatic nitrogens is 1. The fourth-order valence-corrected chi connectivity index (χ4v) is 2.13. The summed E-state index contributed by atoms with van der Waals surface area (Å²) >= 11 is 6.19. The highest BCUT2D eigenvalue weighted by Crippen LogP contribution is 2.41. The van der Waals surface area contributed by atoms with Gasteiger partial charge >= 0.3 is 0 Å². The zero-order chi connectivity index (χ0) is 13.4. The fraction of sp³-hybridized carbons (Fsp3) is 0.308. The molecule has 2 rings (SSSR count). The average Bonchev–Trinajstić information content (AvgIpc) is 2.70. The molecule has 3 N–H and O–H groups in total. The Kier molecular flexibility index (Phi) is 3.22. The molecule has 1 heterocycles. The molecule has 18 heavy (non-hydrogen) atoms. The lowest BCUT2D eigenvalue weighted by molar-refractivity contribution is 0.436. The Morgan fingerprint density at radius 1 is 1.39 bits per heavy atom. The van der Waals surface area contributed by atoms with Crippen molar-refractivity contribution in [3.63, 3.8) is 0 Å². The maximum atomic E-state index is 10.3. The quantitative estimate of drug-likeness (QED) is 0.869. The van der Waals surface area contributed by atoms with E-state index in [-0.39, 0.29) is 17.6 Å². The van der Waals surface area contributed by atoms with Crippen molar-refractivity contribution in [1.82, 2.24) is 5.16 Å². The first-order chi connectivity index (χ1) is 8.41. The van der Waals surface area contributed by atoms with E-state index >= 15 is 0 Å². The SMILES string of the molecule is Cc1c(Cl)cc(C(C)C)c(O)c1-c1cc(N)on1. The fourth-order valence-electron chi connectivity index (χ4n) is 1.92. The molecule has 2 aromatic rings. The molecular formula is C13H15ClN2O2. The smallest absolute Gasteiger partial charge is 0.222 e. The molecule has 0 saturated carbocycles. The second kappa shape index (κ2) is 4.53. The van der Waals surface area contributed by atoms with E-state index in [0.717, 1.165) is 11.1 Å². The van der Waals surface area contributed by atoms with Gasteiger partial charge in [0.25, 0.3) is 0 Å². The first-order valence-corrected chi connectivity index (χ1v) is 6.04. The van der Waals surface area contributed by atoms with Crippen molar-refractivity contribution in [2.45, 2.75) is 26.7 Å². The highest BCUT2D eigenvalue weighted by atomic mass is 35.5. The maximum absolute atomic E-state index is 10.3. The van der Waals surface area contributed by atoms with Crippen molar-refractivity contribution < 1.29 is 9.63 Å². The van der Waals surface area contributed by atoms with E-state index in [2.05, 4.69) is 5.16 Å². The summed E-state index contributed by atoms with van der Waals surface area (Å²) in [7, 11) is 0. The Hall–Kier alpha value is -1.68. The van der Waals surface area contributed by atoms with Gasteiger partial charge in [0.1, 0.15) is 11.4 Å². The zero-order valence-corrected chi connectivity index (χ0v) is 11.2. The number of phenolic OH excluding ortho intramolecular Hbond substituents is 1. The normalized spacial score (nSPS) is 11.2. The third-order valence-electron chi connectivity index (χ3n) is 2.93. The lowest BCUT2D eigenvalue weighted by Gasteiger charge is -2.15. The number of anilines is 1. The molecular weight excluding hydrogens is 252 g/mol. The van der Waals surface area contributed by atoms with Gasteiger partial charge in [-0.25, -0.2) is 0 Å². The highest BCUT2D eigenvalue weighted by Gasteiger charge is 2.19. The number of phenols is 1. The van der Waals surface area contributed by atoms with Crippen LogP contribution in [0.5, 0.6) is 5.75 Å². The summed E-state index contributed by atoms with van der Waals surface area (Å²) in [5.74, 6) is 0.543. The molecule has 0 amide bonds. The molecule has 0 radical (unpaired) electrons. The number of hydrogen-bond donors (Lipinski definition) is 2. The topological polar surface area (TPSA) is 72.3 Å². The number of nitrogen functional groups attached to an aromatic ring is 1. The van der Waals surface area contributed by atoms with E-state index < -0.39 is 0 Å². The molecule has 0 fully saturated rings. The van der Waals surface area contributed by atoms with Gasteiger partial charge in [-0.3, -0.25) is 0 Å².